The molecule has 2 rings (SSSR count). The predicted molar refractivity (Wildman–Crippen MR) is 58.0 cm³/mol. The maximum Gasteiger partial charge on any atom is 0.212 e. The van der Waals surface area contributed by atoms with Gasteiger partial charge in [0.25, 0.3) is 0 Å². The number of nitrogens with zero attached hydrogens (tertiary/aromatic N) is 1. The highest BCUT2D eigenvalue weighted by Gasteiger charge is 2.11. The summed E-state index contributed by atoms with van der Waals surface area (Å²) in [6.45, 7) is 2.00. The van der Waals surface area contributed by atoms with E-state index in [4.69, 9.17) is 9.15 Å². The fourth-order valence-corrected chi connectivity index (χ4v) is 1.36. The van der Waals surface area contributed by atoms with E-state index in [9.17, 15) is 0 Å². The van der Waals surface area contributed by atoms with E-state index in [1.54, 1.807) is 7.11 Å². The number of fused-ring (bicyclic) bond motifs is 1. The summed E-state index contributed by atoms with van der Waals surface area (Å²) in [5.41, 5.74) is 1.61. The molecule has 0 spiro atoms. The smallest absolute Gasteiger partial charge is 0.212 e. The number of hydrogen-bond donors (Lipinski definition) is 1. The first-order valence-electron chi connectivity index (χ1n) is 4.86. The molecule has 4 nitrogen and oxygen atoms in total. The van der Waals surface area contributed by atoms with Crippen molar-refractivity contribution in [2.75, 3.05) is 14.2 Å². The number of benzene rings is 1. The van der Waals surface area contributed by atoms with Gasteiger partial charge in [0.05, 0.1) is 13.2 Å². The third kappa shape index (κ3) is 1.80. The van der Waals surface area contributed by atoms with Crippen LogP contribution < -0.4 is 10.1 Å². The van der Waals surface area contributed by atoms with E-state index < -0.39 is 0 Å². The van der Waals surface area contributed by atoms with Crippen LogP contribution in [-0.2, 0) is 0 Å². The minimum absolute atomic E-state index is 0.114. The SMILES string of the molecule is CNC(C)c1nc2ccc(OC)cc2o1. The fourth-order valence-electron chi connectivity index (χ4n) is 1.36. The molecular formula is C11H14N2O2. The largest absolute Gasteiger partial charge is 0.497 e. The molecule has 1 heterocycles. The van der Waals surface area contributed by atoms with Crippen molar-refractivity contribution in [3.8, 4) is 5.75 Å². The Morgan fingerprint density at radius 1 is 1.47 bits per heavy atom. The topological polar surface area (TPSA) is 47.3 Å². The zero-order valence-electron chi connectivity index (χ0n) is 9.07. The second-order valence-corrected chi connectivity index (χ2v) is 3.40. The number of rotatable bonds is 3. The van der Waals surface area contributed by atoms with Gasteiger partial charge in [0.1, 0.15) is 11.3 Å². The maximum atomic E-state index is 5.61. The zero-order chi connectivity index (χ0) is 10.8. The van der Waals surface area contributed by atoms with E-state index in [1.165, 1.54) is 0 Å². The Labute approximate surface area is 88.3 Å². The second kappa shape index (κ2) is 3.90. The van der Waals surface area contributed by atoms with Crippen LogP contribution in [0.2, 0.25) is 0 Å². The van der Waals surface area contributed by atoms with E-state index in [0.717, 1.165) is 16.8 Å². The van der Waals surface area contributed by atoms with Crippen molar-refractivity contribution in [2.45, 2.75) is 13.0 Å². The van der Waals surface area contributed by atoms with E-state index in [-0.39, 0.29) is 6.04 Å². The first-order valence-corrected chi connectivity index (χ1v) is 4.86. The molecular weight excluding hydrogens is 192 g/mol. The van der Waals surface area contributed by atoms with Gasteiger partial charge in [-0.1, -0.05) is 0 Å². The Morgan fingerprint density at radius 3 is 2.93 bits per heavy atom. The van der Waals surface area contributed by atoms with E-state index in [0.29, 0.717) is 5.89 Å². The molecule has 0 amide bonds. The summed E-state index contributed by atoms with van der Waals surface area (Å²) in [4.78, 5) is 4.37. The lowest BCUT2D eigenvalue weighted by molar-refractivity contribution is 0.413. The summed E-state index contributed by atoms with van der Waals surface area (Å²) in [5, 5.41) is 3.08. The number of aromatic nitrogens is 1. The van der Waals surface area contributed by atoms with Crippen LogP contribution in [-0.4, -0.2) is 19.1 Å². The van der Waals surface area contributed by atoms with Crippen LogP contribution in [0.15, 0.2) is 22.6 Å². The number of ether oxygens (including phenoxy) is 1. The van der Waals surface area contributed by atoms with Crippen LogP contribution >= 0.6 is 0 Å². The van der Waals surface area contributed by atoms with Crippen molar-refractivity contribution in [2.24, 2.45) is 0 Å². The van der Waals surface area contributed by atoms with Crippen LogP contribution in [0.4, 0.5) is 0 Å². The molecule has 0 aliphatic carbocycles. The second-order valence-electron chi connectivity index (χ2n) is 3.40. The lowest BCUT2D eigenvalue weighted by Gasteiger charge is -2.02. The van der Waals surface area contributed by atoms with Crippen molar-refractivity contribution in [1.82, 2.24) is 10.3 Å². The summed E-state index contributed by atoms with van der Waals surface area (Å²) in [7, 11) is 3.51. The molecule has 0 aliphatic rings. The molecule has 0 radical (unpaired) electrons. The molecule has 1 unspecified atom stereocenters. The Kier molecular flexibility index (Phi) is 2.60. The van der Waals surface area contributed by atoms with Crippen molar-refractivity contribution in [3.05, 3.63) is 24.1 Å². The van der Waals surface area contributed by atoms with Crippen molar-refractivity contribution in [3.63, 3.8) is 0 Å². The number of hydrogen-bond acceptors (Lipinski definition) is 4. The molecule has 2 aromatic rings. The Bertz CT molecular complexity index is 465. The molecule has 1 atom stereocenters. The quantitative estimate of drug-likeness (QED) is 0.835. The van der Waals surface area contributed by atoms with Crippen LogP contribution in [0.3, 0.4) is 0 Å². The van der Waals surface area contributed by atoms with Crippen LogP contribution in [0.25, 0.3) is 11.1 Å². The van der Waals surface area contributed by atoms with Gasteiger partial charge in [-0.3, -0.25) is 0 Å². The van der Waals surface area contributed by atoms with Gasteiger partial charge in [0, 0.05) is 6.07 Å². The van der Waals surface area contributed by atoms with Crippen molar-refractivity contribution >= 4 is 11.1 Å². The summed E-state index contributed by atoms with van der Waals surface area (Å²) in [6.07, 6.45) is 0. The average molecular weight is 206 g/mol. The molecule has 0 saturated carbocycles. The molecule has 1 N–H and O–H groups in total. The van der Waals surface area contributed by atoms with Gasteiger partial charge in [-0.05, 0) is 26.1 Å². The predicted octanol–water partition coefficient (Wildman–Crippen LogP) is 2.12. The molecule has 80 valence electrons. The minimum Gasteiger partial charge on any atom is -0.497 e. The summed E-state index contributed by atoms with van der Waals surface area (Å²) >= 11 is 0. The lowest BCUT2D eigenvalue weighted by Crippen LogP contribution is -2.12. The van der Waals surface area contributed by atoms with Gasteiger partial charge in [0.2, 0.25) is 5.89 Å². The maximum absolute atomic E-state index is 5.61. The molecule has 0 fully saturated rings. The normalized spacial score (nSPS) is 13.0. The molecule has 4 heteroatoms. The van der Waals surface area contributed by atoms with Gasteiger partial charge >= 0.3 is 0 Å². The third-order valence-electron chi connectivity index (χ3n) is 2.42. The van der Waals surface area contributed by atoms with Crippen molar-refractivity contribution < 1.29 is 9.15 Å². The van der Waals surface area contributed by atoms with Crippen LogP contribution in [0.5, 0.6) is 5.75 Å². The number of oxazole rings is 1. The molecule has 1 aromatic heterocycles. The highest BCUT2D eigenvalue weighted by molar-refractivity contribution is 5.74. The first-order chi connectivity index (χ1) is 7.24. The van der Waals surface area contributed by atoms with Gasteiger partial charge in [-0.2, -0.15) is 0 Å². The van der Waals surface area contributed by atoms with E-state index >= 15 is 0 Å². The Hall–Kier alpha value is -1.55. The van der Waals surface area contributed by atoms with Gasteiger partial charge in [-0.25, -0.2) is 4.98 Å². The molecule has 0 saturated heterocycles. The van der Waals surface area contributed by atoms with Crippen molar-refractivity contribution in [1.29, 1.82) is 0 Å². The highest BCUT2D eigenvalue weighted by Crippen LogP contribution is 2.23. The van der Waals surface area contributed by atoms with E-state index in [1.807, 2.05) is 32.2 Å². The monoisotopic (exact) mass is 206 g/mol. The molecule has 15 heavy (non-hydrogen) atoms. The zero-order valence-corrected chi connectivity index (χ0v) is 9.07. The van der Waals surface area contributed by atoms with Gasteiger partial charge in [-0.15, -0.1) is 0 Å². The highest BCUT2D eigenvalue weighted by atomic mass is 16.5. The standard InChI is InChI=1S/C11H14N2O2/c1-7(12-2)11-13-9-5-4-8(14-3)6-10(9)15-11/h4-7,12H,1-3H3. The fraction of sp³-hybridized carbons (Fsp3) is 0.364. The first kappa shape index (κ1) is 9.98. The number of methoxy groups -OCH3 is 1. The molecule has 0 bridgehead atoms. The lowest BCUT2D eigenvalue weighted by atomic mass is 10.3. The summed E-state index contributed by atoms with van der Waals surface area (Å²) in [5.74, 6) is 1.48. The Balaban J connectivity index is 2.46. The summed E-state index contributed by atoms with van der Waals surface area (Å²) < 4.78 is 10.7. The Morgan fingerprint density at radius 2 is 2.27 bits per heavy atom. The number of nitrogens with one attached hydrogen (secondary N) is 1. The van der Waals surface area contributed by atoms with Crippen LogP contribution in [0, 0.1) is 0 Å². The van der Waals surface area contributed by atoms with Crippen LogP contribution in [0.1, 0.15) is 18.9 Å². The average Bonchev–Trinajstić information content (AvgIpc) is 2.70. The molecule has 0 aliphatic heterocycles. The summed E-state index contributed by atoms with van der Waals surface area (Å²) in [6, 6.07) is 5.72. The van der Waals surface area contributed by atoms with Gasteiger partial charge < -0.3 is 14.5 Å². The van der Waals surface area contributed by atoms with E-state index in [2.05, 4.69) is 10.3 Å². The minimum atomic E-state index is 0.114. The van der Waals surface area contributed by atoms with Gasteiger partial charge in [0.15, 0.2) is 5.58 Å². The third-order valence-corrected chi connectivity index (χ3v) is 2.42. The molecule has 1 aromatic carbocycles.